The number of alkyl halides is 3. The van der Waals surface area contributed by atoms with Gasteiger partial charge in [0.25, 0.3) is 5.91 Å². The van der Waals surface area contributed by atoms with Crippen LogP contribution in [0, 0.1) is 0 Å². The van der Waals surface area contributed by atoms with Gasteiger partial charge in [0.05, 0.1) is 11.3 Å². The number of carbonyl (C=O) groups excluding carboxylic acids is 2. The zero-order chi connectivity index (χ0) is 18.4. The van der Waals surface area contributed by atoms with Crippen molar-refractivity contribution in [1.29, 1.82) is 0 Å². The van der Waals surface area contributed by atoms with Crippen molar-refractivity contribution in [1.82, 2.24) is 15.3 Å². The van der Waals surface area contributed by atoms with Crippen molar-refractivity contribution in [3.8, 4) is 0 Å². The van der Waals surface area contributed by atoms with Crippen LogP contribution in [0.25, 0.3) is 0 Å². The van der Waals surface area contributed by atoms with Crippen LogP contribution in [0.15, 0.2) is 36.5 Å². The number of aromatic nitrogens is 2. The summed E-state index contributed by atoms with van der Waals surface area (Å²) in [6, 6.07) is 6.06. The van der Waals surface area contributed by atoms with Crippen LogP contribution in [-0.2, 0) is 17.5 Å². The maximum Gasteiger partial charge on any atom is 0.416 e. The molecule has 0 radical (unpaired) electrons. The van der Waals surface area contributed by atoms with Gasteiger partial charge >= 0.3 is 12.1 Å². The third-order valence-corrected chi connectivity index (χ3v) is 3.01. The first kappa shape index (κ1) is 18.4. The summed E-state index contributed by atoms with van der Waals surface area (Å²) in [6.07, 6.45) is -3.25. The Morgan fingerprint density at radius 3 is 2.52 bits per heavy atom. The normalized spacial score (nSPS) is 11.0. The molecule has 0 saturated carbocycles. The van der Waals surface area contributed by atoms with Gasteiger partial charge in [-0.3, -0.25) is 9.78 Å². The third-order valence-electron chi connectivity index (χ3n) is 3.01. The quantitative estimate of drug-likeness (QED) is 0.836. The second-order valence-corrected chi connectivity index (χ2v) is 4.88. The SMILES string of the molecule is CCNC(=O)c1cc(C(F)(F)F)cc(C(=O)OCc2ccccn2)n1. The van der Waals surface area contributed by atoms with E-state index in [-0.39, 0.29) is 13.2 Å². The molecule has 2 aromatic rings. The maximum atomic E-state index is 13.0. The Bertz CT molecular complexity index is 764. The minimum Gasteiger partial charge on any atom is -0.454 e. The molecule has 0 spiro atoms. The third kappa shape index (κ3) is 5.00. The topological polar surface area (TPSA) is 81.2 Å². The van der Waals surface area contributed by atoms with E-state index in [4.69, 9.17) is 4.74 Å². The van der Waals surface area contributed by atoms with Gasteiger partial charge in [-0.1, -0.05) is 6.07 Å². The van der Waals surface area contributed by atoms with Crippen molar-refractivity contribution in [2.45, 2.75) is 19.7 Å². The molecule has 2 heterocycles. The Labute approximate surface area is 141 Å². The first-order valence-electron chi connectivity index (χ1n) is 7.25. The zero-order valence-electron chi connectivity index (χ0n) is 13.1. The van der Waals surface area contributed by atoms with Crippen LogP contribution < -0.4 is 5.32 Å². The predicted molar refractivity (Wildman–Crippen MR) is 80.6 cm³/mol. The van der Waals surface area contributed by atoms with Gasteiger partial charge in [0.1, 0.15) is 18.0 Å². The first-order chi connectivity index (χ1) is 11.8. The van der Waals surface area contributed by atoms with E-state index < -0.39 is 35.0 Å². The molecule has 0 bridgehead atoms. The van der Waals surface area contributed by atoms with Gasteiger partial charge in [-0.2, -0.15) is 13.2 Å². The average molecular weight is 353 g/mol. The number of pyridine rings is 2. The summed E-state index contributed by atoms with van der Waals surface area (Å²) in [5, 5.41) is 2.33. The molecule has 1 amide bonds. The average Bonchev–Trinajstić information content (AvgIpc) is 2.59. The lowest BCUT2D eigenvalue weighted by Crippen LogP contribution is -2.25. The highest BCUT2D eigenvalue weighted by molar-refractivity contribution is 5.94. The second kappa shape index (κ2) is 7.73. The van der Waals surface area contributed by atoms with Crippen molar-refractivity contribution in [3.05, 3.63) is 59.2 Å². The van der Waals surface area contributed by atoms with E-state index in [0.717, 1.165) is 0 Å². The minimum absolute atomic E-state index is 0.205. The fourth-order valence-corrected chi connectivity index (χ4v) is 1.86. The van der Waals surface area contributed by atoms with Gasteiger partial charge in [-0.15, -0.1) is 0 Å². The number of amides is 1. The van der Waals surface area contributed by atoms with Gasteiger partial charge in [0, 0.05) is 12.7 Å². The Morgan fingerprint density at radius 2 is 1.92 bits per heavy atom. The number of esters is 1. The van der Waals surface area contributed by atoms with Crippen LogP contribution in [-0.4, -0.2) is 28.4 Å². The van der Waals surface area contributed by atoms with Gasteiger partial charge in [-0.25, -0.2) is 9.78 Å². The molecule has 9 heteroatoms. The molecule has 0 aliphatic rings. The van der Waals surface area contributed by atoms with Gasteiger partial charge in [0.2, 0.25) is 0 Å². The number of nitrogens with one attached hydrogen (secondary N) is 1. The number of hydrogen-bond donors (Lipinski definition) is 1. The molecule has 0 unspecified atom stereocenters. The number of hydrogen-bond acceptors (Lipinski definition) is 5. The molecule has 0 aliphatic carbocycles. The molecule has 1 N–H and O–H groups in total. The number of carbonyl (C=O) groups is 2. The molecular formula is C16H14F3N3O3. The Hall–Kier alpha value is -2.97. The lowest BCUT2D eigenvalue weighted by molar-refractivity contribution is -0.137. The summed E-state index contributed by atoms with van der Waals surface area (Å²) in [4.78, 5) is 31.4. The highest BCUT2D eigenvalue weighted by atomic mass is 19.4. The van der Waals surface area contributed by atoms with Gasteiger partial charge in [-0.05, 0) is 31.2 Å². The van der Waals surface area contributed by atoms with E-state index in [1.54, 1.807) is 25.1 Å². The molecule has 0 atom stereocenters. The monoisotopic (exact) mass is 353 g/mol. The number of halogens is 3. The number of rotatable bonds is 5. The van der Waals surface area contributed by atoms with Crippen molar-refractivity contribution in [3.63, 3.8) is 0 Å². The summed E-state index contributed by atoms with van der Waals surface area (Å²) >= 11 is 0. The Morgan fingerprint density at radius 1 is 1.20 bits per heavy atom. The van der Waals surface area contributed by atoms with Crippen LogP contribution in [0.5, 0.6) is 0 Å². The van der Waals surface area contributed by atoms with Gasteiger partial charge in [0.15, 0.2) is 0 Å². The number of nitrogens with zero attached hydrogens (tertiary/aromatic N) is 2. The summed E-state index contributed by atoms with van der Waals surface area (Å²) in [7, 11) is 0. The second-order valence-electron chi connectivity index (χ2n) is 4.88. The van der Waals surface area contributed by atoms with E-state index in [1.807, 2.05) is 0 Å². The zero-order valence-corrected chi connectivity index (χ0v) is 13.1. The summed E-state index contributed by atoms with van der Waals surface area (Å²) in [5.41, 5.74) is -1.85. The lowest BCUT2D eigenvalue weighted by atomic mass is 10.1. The highest BCUT2D eigenvalue weighted by Crippen LogP contribution is 2.30. The fourth-order valence-electron chi connectivity index (χ4n) is 1.86. The summed E-state index contributed by atoms with van der Waals surface area (Å²) < 4.78 is 43.9. The number of ether oxygens (including phenoxy) is 1. The van der Waals surface area contributed by atoms with E-state index in [0.29, 0.717) is 17.8 Å². The largest absolute Gasteiger partial charge is 0.454 e. The molecule has 2 rings (SSSR count). The molecule has 2 aromatic heterocycles. The molecule has 0 aliphatic heterocycles. The van der Waals surface area contributed by atoms with Crippen LogP contribution >= 0.6 is 0 Å². The van der Waals surface area contributed by atoms with Crippen molar-refractivity contribution in [2.24, 2.45) is 0 Å². The van der Waals surface area contributed by atoms with E-state index >= 15 is 0 Å². The summed E-state index contributed by atoms with van der Waals surface area (Å²) in [5.74, 6) is -1.89. The molecule has 0 fully saturated rings. The van der Waals surface area contributed by atoms with Crippen LogP contribution in [0.4, 0.5) is 13.2 Å². The summed E-state index contributed by atoms with van der Waals surface area (Å²) in [6.45, 7) is 1.58. The lowest BCUT2D eigenvalue weighted by Gasteiger charge is -2.11. The molecular weight excluding hydrogens is 339 g/mol. The highest BCUT2D eigenvalue weighted by Gasteiger charge is 2.33. The molecule has 0 saturated heterocycles. The first-order valence-corrected chi connectivity index (χ1v) is 7.25. The van der Waals surface area contributed by atoms with E-state index in [1.165, 1.54) is 6.20 Å². The van der Waals surface area contributed by atoms with E-state index in [2.05, 4.69) is 15.3 Å². The van der Waals surface area contributed by atoms with E-state index in [9.17, 15) is 22.8 Å². The van der Waals surface area contributed by atoms with Crippen LogP contribution in [0.1, 0.15) is 39.2 Å². The van der Waals surface area contributed by atoms with Crippen molar-refractivity contribution in [2.75, 3.05) is 6.54 Å². The van der Waals surface area contributed by atoms with Crippen molar-refractivity contribution < 1.29 is 27.5 Å². The Balaban J connectivity index is 2.27. The molecule has 0 aromatic carbocycles. The van der Waals surface area contributed by atoms with Crippen LogP contribution in [0.3, 0.4) is 0 Å². The molecule has 25 heavy (non-hydrogen) atoms. The van der Waals surface area contributed by atoms with Gasteiger partial charge < -0.3 is 10.1 Å². The Kier molecular flexibility index (Phi) is 5.68. The standard InChI is InChI=1S/C16H14F3N3O3/c1-2-20-14(23)12-7-10(16(17,18)19)8-13(22-12)15(24)25-9-11-5-3-4-6-21-11/h3-8H,2,9H2,1H3,(H,20,23). The van der Waals surface area contributed by atoms with Crippen molar-refractivity contribution >= 4 is 11.9 Å². The maximum absolute atomic E-state index is 13.0. The molecule has 6 nitrogen and oxygen atoms in total. The van der Waals surface area contributed by atoms with Crippen LogP contribution in [0.2, 0.25) is 0 Å². The fraction of sp³-hybridized carbons (Fsp3) is 0.250. The minimum atomic E-state index is -4.74. The molecule has 132 valence electrons. The predicted octanol–water partition coefficient (Wildman–Crippen LogP) is 2.60. The smallest absolute Gasteiger partial charge is 0.416 e.